The normalized spacial score (nSPS) is 24.0. The molecule has 0 aromatic rings. The zero-order valence-corrected chi connectivity index (χ0v) is 90.5. The van der Waals surface area contributed by atoms with E-state index in [-0.39, 0.29) is 100 Å². The van der Waals surface area contributed by atoms with E-state index in [2.05, 4.69) is 29.7 Å². The van der Waals surface area contributed by atoms with Crippen LogP contribution in [0.4, 0.5) is 0 Å². The van der Waals surface area contributed by atoms with Crippen molar-refractivity contribution in [2.24, 2.45) is 146 Å². The number of rotatable bonds is 24. The molecule has 7 fully saturated rings. The molecule has 0 heterocycles. The molecule has 0 aliphatic heterocycles. The fourth-order valence-electron chi connectivity index (χ4n) is 19.2. The highest BCUT2D eigenvalue weighted by molar-refractivity contribution is 7.80. The van der Waals surface area contributed by atoms with E-state index in [1.165, 1.54) is 90.0 Å². The topological polar surface area (TPSA) is 510 Å². The minimum atomic E-state index is -1.50. The third-order valence-corrected chi connectivity index (χ3v) is 28.5. The number of nitro groups is 1. The maximum Gasteiger partial charge on any atom is 0.206 e. The third-order valence-electron chi connectivity index (χ3n) is 27.9. The van der Waals surface area contributed by atoms with Crippen LogP contribution in [-0.4, -0.2) is 227 Å². The van der Waals surface area contributed by atoms with Crippen LogP contribution in [0.3, 0.4) is 0 Å². The first-order valence-corrected chi connectivity index (χ1v) is 47.9. The number of carbonyl (C=O) groups is 22. The number of aliphatic hydroxyl groups excluding tert-OH is 1. The number of hydrogen-bond donors (Lipinski definition) is 5. The van der Waals surface area contributed by atoms with Crippen molar-refractivity contribution in [3.8, 4) is 0 Å². The van der Waals surface area contributed by atoms with E-state index in [0.29, 0.717) is 55.6 Å². The number of nitrogens with zero attached hydrogens (tertiary/aromatic N) is 4. The Bertz CT molecular complexity index is 4450. The molecule has 772 valence electrons. The minimum Gasteiger partial charge on any atom is -0.411 e. The van der Waals surface area contributed by atoms with Crippen molar-refractivity contribution in [1.29, 1.82) is 0 Å². The highest BCUT2D eigenvalue weighted by Gasteiger charge is 2.66. The average Bonchev–Trinajstić information content (AvgIpc) is 0.733. The molecule has 4 unspecified atom stereocenters. The second kappa shape index (κ2) is 45.2. The molecule has 33 heteroatoms. The summed E-state index contributed by atoms with van der Waals surface area (Å²) in [4.78, 5) is 284. The fraction of sp³-hybridized carbons (Fsp3) is 0.760. The third kappa shape index (κ3) is 26.3. The first kappa shape index (κ1) is 127. The van der Waals surface area contributed by atoms with Crippen molar-refractivity contribution >= 4 is 146 Å². The zero-order valence-electron chi connectivity index (χ0n) is 89.6. The van der Waals surface area contributed by atoms with Gasteiger partial charge in [-0.25, -0.2) is 0 Å². The Morgan fingerprint density at radius 1 is 0.380 bits per heavy atom. The number of aliphatic hydroxyl groups is 1. The number of nitrogens with one attached hydrogen (secondary N) is 1. The van der Waals surface area contributed by atoms with Gasteiger partial charge in [-0.2, -0.15) is 17.7 Å². The summed E-state index contributed by atoms with van der Waals surface area (Å²) >= 11 is 4.11. The molecule has 0 aromatic heterocycles. The summed E-state index contributed by atoms with van der Waals surface area (Å²) < 4.78 is 0. The molecule has 0 bridgehead atoms. The molecule has 32 nitrogen and oxygen atoms in total. The van der Waals surface area contributed by atoms with Crippen LogP contribution in [0.5, 0.6) is 0 Å². The highest BCUT2D eigenvalue weighted by atomic mass is 32.1. The van der Waals surface area contributed by atoms with E-state index in [1.54, 1.807) is 123 Å². The molecule has 0 radical (unpaired) electrons. The summed E-state index contributed by atoms with van der Waals surface area (Å²) in [5.74, 6) is -13.0. The second-order valence-corrected chi connectivity index (χ2v) is 48.5. The molecule has 0 saturated heterocycles. The highest BCUT2D eigenvalue weighted by Crippen LogP contribution is 2.50. The van der Waals surface area contributed by atoms with Gasteiger partial charge in [-0.15, -0.1) is 0 Å². The van der Waals surface area contributed by atoms with Crippen LogP contribution in [0.1, 0.15) is 303 Å². The van der Waals surface area contributed by atoms with Crippen molar-refractivity contribution in [3.05, 3.63) is 22.3 Å². The van der Waals surface area contributed by atoms with Crippen molar-refractivity contribution in [2.45, 2.75) is 327 Å². The lowest BCUT2D eigenvalue weighted by Crippen LogP contribution is -2.64. The number of thiol groups is 1. The number of ketones is 22. The number of likely N-dealkylation sites (N-methyl/N-ethyl adjacent to an activating group) is 1. The van der Waals surface area contributed by atoms with Gasteiger partial charge in [0.05, 0.1) is 82.2 Å². The lowest BCUT2D eigenvalue weighted by atomic mass is 9.57. The van der Waals surface area contributed by atoms with Crippen LogP contribution in [0.2, 0.25) is 0 Å². The molecule has 0 spiro atoms. The van der Waals surface area contributed by atoms with E-state index < -0.39 is 210 Å². The summed E-state index contributed by atoms with van der Waals surface area (Å²) in [5, 5.41) is 47.2. The molecule has 7 aliphatic rings. The Labute approximate surface area is 816 Å². The molecule has 7 rings (SSSR count). The van der Waals surface area contributed by atoms with Gasteiger partial charge in [0.25, 0.3) is 0 Å². The Morgan fingerprint density at radius 2 is 0.642 bits per heavy atom. The molecule has 137 heavy (non-hydrogen) atoms. The molecule has 4 N–H and O–H groups in total. The molecule has 7 saturated carbocycles. The summed E-state index contributed by atoms with van der Waals surface area (Å²) in [6, 6.07) is -2.45. The molecule has 0 amide bonds. The van der Waals surface area contributed by atoms with Gasteiger partial charge in [0.1, 0.15) is 41.8 Å². The van der Waals surface area contributed by atoms with Crippen molar-refractivity contribution in [1.82, 2.24) is 15.3 Å². The number of Topliss-reactive ketones (excluding diaryl/α,β-unsaturated/α-hetero) is 22. The maximum absolute atomic E-state index is 12.5. The molecular formula is C104H163N5O27S. The van der Waals surface area contributed by atoms with Gasteiger partial charge >= 0.3 is 0 Å². The molecule has 0 aromatic carbocycles. The molecule has 7 aliphatic carbocycles. The van der Waals surface area contributed by atoms with Gasteiger partial charge in [0, 0.05) is 42.2 Å². The van der Waals surface area contributed by atoms with E-state index in [9.17, 15) is 126 Å². The van der Waals surface area contributed by atoms with E-state index in [1.807, 2.05) is 76.2 Å². The van der Waals surface area contributed by atoms with Crippen molar-refractivity contribution in [3.63, 3.8) is 0 Å². The van der Waals surface area contributed by atoms with Gasteiger partial charge in [-0.1, -0.05) is 94.8 Å². The standard InChI is InChI=1S/C15H21NO6.C15H23NO4.2C15H25NO3.C15H22O4S.C15H24O4.C14H23NO3/c1-8(7-16(21)22)6-9(17)10-11(18)14(2,3)13(20)15(4,5)12(10)19;1-8(2)7-9(16-20)10-11(17)14(3,4)13(19)15(5,6)12(10)18;1-9(2)8-16(7)10-11(17)14(3,4)13(19)15(5,6)12(10)18;1-9(2)8-16(19)11-10(3)14(4,5)13(18)15(6,7)12(11)17;1-8(7-20)6-9(16)10-11(17)14(2,3)13(19)15(4,5)12(10)18;1-8(2)7-9(16)10-11(17)14(3,4)13(19)15(5,6)12(10)18;1-8(2)7-15-9-10(16)13(3,4)12(18)14(5,6)11(9)17/h8,10H,6-7H2,1-5H3;8,10,20H,7H2,1-6H3;9-10H,8H2,1-7H3;9,11,19H,3,8H2,1-2,4-7H3;8,10,20H,6-7H2,1-5H3;8-10,16H,7H2,1-6H3;8-9,15H,7H2,1-6H3/b;16-9+;;;;;. The predicted octanol–water partition coefficient (Wildman–Crippen LogP) is 12.7. The van der Waals surface area contributed by atoms with Gasteiger partial charge in [-0.05, 0) is 267 Å². The van der Waals surface area contributed by atoms with Crippen LogP contribution >= 0.6 is 12.6 Å². The fourth-order valence-corrected chi connectivity index (χ4v) is 19.3. The number of carbonyl (C=O) groups excluding carboxylic acids is 22. The van der Waals surface area contributed by atoms with Crippen LogP contribution < -0.4 is 5.32 Å². The van der Waals surface area contributed by atoms with Crippen LogP contribution in [0.15, 0.2) is 17.3 Å². The number of hydroxylamine groups is 2. The first-order valence-electron chi connectivity index (χ1n) is 47.3. The summed E-state index contributed by atoms with van der Waals surface area (Å²) in [6.45, 7) is 71.7. The first-order chi connectivity index (χ1) is 61.1. The van der Waals surface area contributed by atoms with Gasteiger partial charge in [-0.3, -0.25) is 120 Å². The Hall–Kier alpha value is -8.50. The average molecular weight is 1950 g/mol. The van der Waals surface area contributed by atoms with Crippen LogP contribution in [0, 0.1) is 151 Å². The summed E-state index contributed by atoms with van der Waals surface area (Å²) in [5.41, 5.74) is -15.9. The largest absolute Gasteiger partial charge is 0.411 e. The predicted molar refractivity (Wildman–Crippen MR) is 519 cm³/mol. The number of oxime groups is 1. The SMILES string of the molecule is C=C1C(N(O)CC(C)C)C(=O)C(C)(C)C(=O)C1(C)C.CC(C)C/C(=N\O)C1C(=O)C(C)(C)C(=O)C(C)(C)C1=O.CC(C)CC(O)C1C(=O)C(C)(C)C(=O)C(C)(C)C1=O.CC(C)CN(C)C1C(=O)C(C)(C)C(=O)C(C)(C)C1=O.CC(C)CNC1C(=O)C(C)(C)C(=O)C(C)(C)C1=O.CC(CC(=O)C1C(=O)C(C)(C)C(=O)C(C)(C)C1=O)C[N+](=O)[O-].CC(CS)CC(=O)C1C(=O)C(C)(C)C(=O)C(C)(C)C1=O. The zero-order chi connectivity index (χ0) is 109. The smallest absolute Gasteiger partial charge is 0.206 e. The van der Waals surface area contributed by atoms with E-state index in [0.717, 1.165) is 5.06 Å². The minimum absolute atomic E-state index is 0.00436. The quantitative estimate of drug-likeness (QED) is 0.0114. The monoisotopic (exact) mass is 1950 g/mol. The molecular weight excluding hydrogens is 1780 g/mol. The van der Waals surface area contributed by atoms with Gasteiger partial charge in [0.2, 0.25) is 6.54 Å². The van der Waals surface area contributed by atoms with Gasteiger partial charge in [0.15, 0.2) is 127 Å². The lowest BCUT2D eigenvalue weighted by Gasteiger charge is -2.45. The summed E-state index contributed by atoms with van der Waals surface area (Å²) in [7, 11) is 1.78. The Kier molecular flexibility index (Phi) is 41.7. The van der Waals surface area contributed by atoms with Crippen molar-refractivity contribution in [2.75, 3.05) is 39.0 Å². The molecule has 4 atom stereocenters. The van der Waals surface area contributed by atoms with Crippen molar-refractivity contribution < 1.29 is 126 Å². The van der Waals surface area contributed by atoms with Crippen LogP contribution in [-0.2, 0) is 105 Å². The van der Waals surface area contributed by atoms with E-state index in [4.69, 9.17) is 5.21 Å². The number of hydrogen-bond acceptors (Lipinski definition) is 32. The van der Waals surface area contributed by atoms with Gasteiger partial charge < -0.3 is 20.8 Å². The maximum atomic E-state index is 12.5. The summed E-state index contributed by atoms with van der Waals surface area (Å²) in [6.07, 6.45) is -0.386. The Balaban J connectivity index is 0.000000800. The van der Waals surface area contributed by atoms with E-state index >= 15 is 0 Å². The Morgan fingerprint density at radius 3 is 0.905 bits per heavy atom. The lowest BCUT2D eigenvalue weighted by molar-refractivity contribution is -0.487. The second-order valence-electron chi connectivity index (χ2n) is 48.1. The van der Waals surface area contributed by atoms with Crippen LogP contribution in [0.25, 0.3) is 0 Å².